The molecule has 0 unspecified atom stereocenters. The lowest BCUT2D eigenvalue weighted by Crippen LogP contribution is -2.20. The monoisotopic (exact) mass is 262 g/mol. The number of carbonyl (C=O) groups excluding carboxylic acids is 2. The number of hydrogen-bond acceptors (Lipinski definition) is 2. The lowest BCUT2D eigenvalue weighted by molar-refractivity contribution is -0.116. The summed E-state index contributed by atoms with van der Waals surface area (Å²) >= 11 is 0. The largest absolute Gasteiger partial charge is 0.355 e. The molecular weight excluding hydrogens is 240 g/mol. The van der Waals surface area contributed by atoms with Gasteiger partial charge in [-0.2, -0.15) is 0 Å². The molecule has 104 valence electrons. The molecule has 0 aliphatic carbocycles. The molecule has 1 aromatic rings. The van der Waals surface area contributed by atoms with Crippen molar-refractivity contribution < 1.29 is 9.59 Å². The van der Waals surface area contributed by atoms with E-state index in [0.29, 0.717) is 23.6 Å². The van der Waals surface area contributed by atoms with Gasteiger partial charge < -0.3 is 10.6 Å². The number of carbonyl (C=O) groups is 2. The molecule has 2 amide bonds. The molecule has 0 saturated carbocycles. The Bertz CT molecular complexity index is 467. The summed E-state index contributed by atoms with van der Waals surface area (Å²) in [7, 11) is 1.59. The maximum atomic E-state index is 11.8. The minimum atomic E-state index is -0.143. The second kappa shape index (κ2) is 6.92. The number of hydrogen-bond donors (Lipinski definition) is 2. The normalized spacial score (nSPS) is 10.4. The lowest BCUT2D eigenvalue weighted by atomic mass is 10.1. The maximum absolute atomic E-state index is 11.8. The molecule has 4 heteroatoms. The highest BCUT2D eigenvalue weighted by Gasteiger charge is 2.12. The molecule has 0 aromatic heterocycles. The second-order valence-electron chi connectivity index (χ2n) is 5.04. The molecule has 0 saturated heterocycles. The van der Waals surface area contributed by atoms with Gasteiger partial charge in [-0.15, -0.1) is 0 Å². The minimum absolute atomic E-state index is 0.00847. The van der Waals surface area contributed by atoms with E-state index < -0.39 is 0 Å². The van der Waals surface area contributed by atoms with Crippen LogP contribution in [0.2, 0.25) is 0 Å². The Morgan fingerprint density at radius 3 is 2.53 bits per heavy atom. The van der Waals surface area contributed by atoms with Gasteiger partial charge in [-0.25, -0.2) is 0 Å². The zero-order valence-corrected chi connectivity index (χ0v) is 12.0. The van der Waals surface area contributed by atoms with Gasteiger partial charge in [-0.1, -0.05) is 19.9 Å². The summed E-state index contributed by atoms with van der Waals surface area (Å²) in [5, 5.41) is 5.46. The molecule has 1 aromatic carbocycles. The fourth-order valence-electron chi connectivity index (χ4n) is 1.78. The van der Waals surface area contributed by atoms with Crippen LogP contribution in [0.1, 0.15) is 42.6 Å². The smallest absolute Gasteiger partial charge is 0.251 e. The van der Waals surface area contributed by atoms with Gasteiger partial charge in [0.15, 0.2) is 0 Å². The van der Waals surface area contributed by atoms with E-state index in [1.165, 1.54) is 0 Å². The number of nitrogens with one attached hydrogen (secondary N) is 2. The molecule has 0 bridgehead atoms. The van der Waals surface area contributed by atoms with Gasteiger partial charge in [0.1, 0.15) is 0 Å². The van der Waals surface area contributed by atoms with Crippen molar-refractivity contribution in [3.05, 3.63) is 29.3 Å². The summed E-state index contributed by atoms with van der Waals surface area (Å²) < 4.78 is 0. The van der Waals surface area contributed by atoms with E-state index in [9.17, 15) is 9.59 Å². The molecule has 0 aliphatic heterocycles. The Morgan fingerprint density at radius 1 is 1.26 bits per heavy atom. The van der Waals surface area contributed by atoms with Gasteiger partial charge in [0.25, 0.3) is 5.91 Å². The van der Waals surface area contributed by atoms with Crippen LogP contribution < -0.4 is 10.6 Å². The van der Waals surface area contributed by atoms with Crippen molar-refractivity contribution in [2.75, 3.05) is 12.4 Å². The van der Waals surface area contributed by atoms with Crippen molar-refractivity contribution in [3.63, 3.8) is 0 Å². The average Bonchev–Trinajstić information content (AvgIpc) is 2.38. The number of benzene rings is 1. The van der Waals surface area contributed by atoms with Crippen molar-refractivity contribution in [1.82, 2.24) is 5.32 Å². The highest BCUT2D eigenvalue weighted by Crippen LogP contribution is 2.19. The number of amides is 2. The first-order valence-corrected chi connectivity index (χ1v) is 6.57. The van der Waals surface area contributed by atoms with Gasteiger partial charge in [-0.3, -0.25) is 9.59 Å². The summed E-state index contributed by atoms with van der Waals surface area (Å²) in [4.78, 5) is 23.5. The fourth-order valence-corrected chi connectivity index (χ4v) is 1.78. The van der Waals surface area contributed by atoms with Crippen LogP contribution in [0, 0.1) is 12.8 Å². The van der Waals surface area contributed by atoms with Gasteiger partial charge >= 0.3 is 0 Å². The van der Waals surface area contributed by atoms with Crippen molar-refractivity contribution >= 4 is 17.5 Å². The number of rotatable bonds is 5. The summed E-state index contributed by atoms with van der Waals surface area (Å²) in [6.45, 7) is 6.01. The molecule has 2 N–H and O–H groups in total. The van der Waals surface area contributed by atoms with Gasteiger partial charge in [-0.05, 0) is 37.0 Å². The molecule has 0 aliphatic rings. The van der Waals surface area contributed by atoms with Crippen molar-refractivity contribution in [2.45, 2.75) is 33.6 Å². The molecule has 0 radical (unpaired) electrons. The van der Waals surface area contributed by atoms with Crippen LogP contribution in [-0.2, 0) is 4.79 Å². The zero-order valence-electron chi connectivity index (χ0n) is 12.0. The predicted octanol–water partition coefficient (Wildman–Crippen LogP) is 2.73. The van der Waals surface area contributed by atoms with E-state index in [0.717, 1.165) is 12.0 Å². The first-order valence-electron chi connectivity index (χ1n) is 6.57. The molecular formula is C15H22N2O2. The van der Waals surface area contributed by atoms with Crippen LogP contribution in [0.15, 0.2) is 18.2 Å². The SMILES string of the molecule is CNC(=O)c1cccc(NC(=O)CCC(C)C)c1C. The van der Waals surface area contributed by atoms with E-state index in [4.69, 9.17) is 0 Å². The van der Waals surface area contributed by atoms with Crippen LogP contribution in [0.25, 0.3) is 0 Å². The summed E-state index contributed by atoms with van der Waals surface area (Å²) in [6, 6.07) is 5.34. The van der Waals surface area contributed by atoms with Gasteiger partial charge in [0.05, 0.1) is 0 Å². The number of anilines is 1. The quantitative estimate of drug-likeness (QED) is 0.857. The zero-order chi connectivity index (χ0) is 14.4. The molecule has 0 atom stereocenters. The van der Waals surface area contributed by atoms with E-state index >= 15 is 0 Å². The Morgan fingerprint density at radius 2 is 1.95 bits per heavy atom. The first kappa shape index (κ1) is 15.2. The third-order valence-electron chi connectivity index (χ3n) is 3.03. The standard InChI is InChI=1S/C15H22N2O2/c1-10(2)8-9-14(18)17-13-7-5-6-12(11(13)3)15(19)16-4/h5-7,10H,8-9H2,1-4H3,(H,16,19)(H,17,18). The topological polar surface area (TPSA) is 58.2 Å². The van der Waals surface area contributed by atoms with Crippen LogP contribution >= 0.6 is 0 Å². The van der Waals surface area contributed by atoms with Crippen LogP contribution in [0.4, 0.5) is 5.69 Å². The van der Waals surface area contributed by atoms with Crippen molar-refractivity contribution in [1.29, 1.82) is 0 Å². The Hall–Kier alpha value is -1.84. The highest BCUT2D eigenvalue weighted by atomic mass is 16.2. The Labute approximate surface area is 114 Å². The molecule has 4 nitrogen and oxygen atoms in total. The predicted molar refractivity (Wildman–Crippen MR) is 77.3 cm³/mol. The molecule has 0 heterocycles. The van der Waals surface area contributed by atoms with Crippen LogP contribution in [0.3, 0.4) is 0 Å². The van der Waals surface area contributed by atoms with Crippen LogP contribution in [-0.4, -0.2) is 18.9 Å². The maximum Gasteiger partial charge on any atom is 0.251 e. The fraction of sp³-hybridized carbons (Fsp3) is 0.467. The van der Waals surface area contributed by atoms with Crippen molar-refractivity contribution in [3.8, 4) is 0 Å². The molecule has 1 rings (SSSR count). The van der Waals surface area contributed by atoms with Crippen LogP contribution in [0.5, 0.6) is 0 Å². The van der Waals surface area contributed by atoms with Crippen molar-refractivity contribution in [2.24, 2.45) is 5.92 Å². The third-order valence-corrected chi connectivity index (χ3v) is 3.03. The Balaban J connectivity index is 2.79. The highest BCUT2D eigenvalue weighted by molar-refractivity contribution is 5.99. The minimum Gasteiger partial charge on any atom is -0.355 e. The second-order valence-corrected chi connectivity index (χ2v) is 5.04. The molecule has 0 fully saturated rings. The summed E-state index contributed by atoms with van der Waals surface area (Å²) in [5.41, 5.74) is 2.08. The van der Waals surface area contributed by atoms with Gasteiger partial charge in [0, 0.05) is 24.7 Å². The Kier molecular flexibility index (Phi) is 5.55. The van der Waals surface area contributed by atoms with E-state index in [1.807, 2.05) is 13.0 Å². The summed E-state index contributed by atoms with van der Waals surface area (Å²) in [6.07, 6.45) is 1.36. The first-order chi connectivity index (χ1) is 8.95. The van der Waals surface area contributed by atoms with E-state index in [1.54, 1.807) is 19.2 Å². The average molecular weight is 262 g/mol. The van der Waals surface area contributed by atoms with Gasteiger partial charge in [0.2, 0.25) is 5.91 Å². The third kappa shape index (κ3) is 4.39. The lowest BCUT2D eigenvalue weighted by Gasteiger charge is -2.12. The summed E-state index contributed by atoms with van der Waals surface area (Å²) in [5.74, 6) is 0.352. The van der Waals surface area contributed by atoms with E-state index in [2.05, 4.69) is 24.5 Å². The molecule has 19 heavy (non-hydrogen) atoms. The molecule has 0 spiro atoms. The van der Waals surface area contributed by atoms with E-state index in [-0.39, 0.29) is 11.8 Å².